The van der Waals surface area contributed by atoms with E-state index in [1.165, 1.54) is 0 Å². The van der Waals surface area contributed by atoms with Crippen LogP contribution < -0.4 is 5.73 Å². The summed E-state index contributed by atoms with van der Waals surface area (Å²) < 4.78 is 5.67. The van der Waals surface area contributed by atoms with E-state index in [9.17, 15) is 0 Å². The molecule has 0 fully saturated rings. The molecule has 0 aliphatic rings. The van der Waals surface area contributed by atoms with Crippen LogP contribution in [0.2, 0.25) is 0 Å². The van der Waals surface area contributed by atoms with Crippen molar-refractivity contribution in [2.45, 2.75) is 33.5 Å². The van der Waals surface area contributed by atoms with Crippen molar-refractivity contribution >= 4 is 17.1 Å². The summed E-state index contributed by atoms with van der Waals surface area (Å²) in [6.07, 6.45) is 3.49. The van der Waals surface area contributed by atoms with Crippen LogP contribution in [0.1, 0.15) is 12.6 Å². The predicted octanol–water partition coefficient (Wildman–Crippen LogP) is 0.435. The first kappa shape index (κ1) is 11.7. The number of nitrogens with zero attached hydrogens (tertiary/aromatic N) is 7. The summed E-state index contributed by atoms with van der Waals surface area (Å²) in [6, 6.07) is 0. The van der Waals surface area contributed by atoms with Crippen LogP contribution >= 0.6 is 0 Å². The number of hydrogen-bond donors (Lipinski definition) is 1. The second-order valence-corrected chi connectivity index (χ2v) is 4.36. The fourth-order valence-electron chi connectivity index (χ4n) is 2.24. The quantitative estimate of drug-likeness (QED) is 0.734. The van der Waals surface area contributed by atoms with Gasteiger partial charge in [-0.25, -0.2) is 9.67 Å². The zero-order chi connectivity index (χ0) is 13.4. The fourth-order valence-corrected chi connectivity index (χ4v) is 2.24. The number of anilines is 1. The third kappa shape index (κ3) is 1.85. The normalized spacial score (nSPS) is 11.5. The lowest BCUT2D eigenvalue weighted by Crippen LogP contribution is -2.13. The average molecular weight is 260 g/mol. The Balaban J connectivity index is 1.99. The first-order valence-corrected chi connectivity index (χ1v) is 6.24. The van der Waals surface area contributed by atoms with Crippen LogP contribution in [0.15, 0.2) is 12.4 Å². The van der Waals surface area contributed by atoms with Gasteiger partial charge in [-0.15, -0.1) is 5.10 Å². The van der Waals surface area contributed by atoms with Gasteiger partial charge < -0.3 is 5.73 Å². The van der Waals surface area contributed by atoms with Gasteiger partial charge in [0.1, 0.15) is 5.52 Å². The molecule has 3 aromatic rings. The largest absolute Gasteiger partial charge is 0.369 e. The molecule has 3 heterocycles. The molecule has 8 nitrogen and oxygen atoms in total. The van der Waals surface area contributed by atoms with Gasteiger partial charge in [-0.2, -0.15) is 5.10 Å². The second kappa shape index (κ2) is 4.38. The van der Waals surface area contributed by atoms with Gasteiger partial charge in [0, 0.05) is 19.3 Å². The topological polar surface area (TPSA) is 92.4 Å². The van der Waals surface area contributed by atoms with Gasteiger partial charge in [0.15, 0.2) is 5.65 Å². The maximum atomic E-state index is 6.00. The zero-order valence-corrected chi connectivity index (χ0v) is 11.0. The Labute approximate surface area is 109 Å². The van der Waals surface area contributed by atoms with Gasteiger partial charge in [0.05, 0.1) is 18.4 Å². The zero-order valence-electron chi connectivity index (χ0n) is 11.0. The Morgan fingerprint density at radius 1 is 1.32 bits per heavy atom. The summed E-state index contributed by atoms with van der Waals surface area (Å²) >= 11 is 0. The van der Waals surface area contributed by atoms with Gasteiger partial charge in [-0.1, -0.05) is 5.21 Å². The Morgan fingerprint density at radius 3 is 2.84 bits per heavy atom. The van der Waals surface area contributed by atoms with Crippen molar-refractivity contribution in [3.63, 3.8) is 0 Å². The molecule has 0 aliphatic carbocycles. The molecule has 19 heavy (non-hydrogen) atoms. The van der Waals surface area contributed by atoms with Crippen molar-refractivity contribution in [2.24, 2.45) is 0 Å². The van der Waals surface area contributed by atoms with Crippen LogP contribution in [0.4, 0.5) is 5.95 Å². The van der Waals surface area contributed by atoms with Crippen molar-refractivity contribution in [1.82, 2.24) is 34.3 Å². The minimum Gasteiger partial charge on any atom is -0.369 e. The van der Waals surface area contributed by atoms with Crippen molar-refractivity contribution in [3.05, 3.63) is 18.1 Å². The molecule has 2 N–H and O–H groups in total. The van der Waals surface area contributed by atoms with E-state index in [4.69, 9.17) is 5.73 Å². The molecule has 0 saturated heterocycles. The molecule has 0 aromatic carbocycles. The maximum absolute atomic E-state index is 6.00. The molecule has 3 rings (SSSR count). The molecule has 0 saturated carbocycles. The lowest BCUT2D eigenvalue weighted by Gasteiger charge is -2.07. The molecule has 0 radical (unpaired) electrons. The summed E-state index contributed by atoms with van der Waals surface area (Å²) in [7, 11) is 0. The molecule has 0 bridgehead atoms. The summed E-state index contributed by atoms with van der Waals surface area (Å²) in [5.41, 5.74) is 8.74. The van der Waals surface area contributed by atoms with Gasteiger partial charge in [0.2, 0.25) is 5.95 Å². The monoisotopic (exact) mass is 260 g/mol. The molecule has 0 aliphatic heterocycles. The number of nitrogens with two attached hydrogens (primary N) is 1. The maximum Gasteiger partial charge on any atom is 0.202 e. The number of aromatic nitrogens is 7. The van der Waals surface area contributed by atoms with E-state index in [-0.39, 0.29) is 0 Å². The third-order valence-corrected chi connectivity index (χ3v) is 3.15. The summed E-state index contributed by atoms with van der Waals surface area (Å²) in [5.74, 6) is 0.512. The van der Waals surface area contributed by atoms with E-state index in [1.807, 2.05) is 22.4 Å². The Bertz CT molecular complexity index is 690. The van der Waals surface area contributed by atoms with Crippen LogP contribution in [0.5, 0.6) is 0 Å². The van der Waals surface area contributed by atoms with Gasteiger partial charge in [0.25, 0.3) is 0 Å². The van der Waals surface area contributed by atoms with E-state index in [0.29, 0.717) is 19.0 Å². The van der Waals surface area contributed by atoms with E-state index in [2.05, 4.69) is 27.3 Å². The SMILES string of the molecule is CCn1nc(C)c2nc(N)n(CCn3ccnn3)c21. The van der Waals surface area contributed by atoms with Gasteiger partial charge in [-0.05, 0) is 13.8 Å². The van der Waals surface area contributed by atoms with Crippen molar-refractivity contribution in [2.75, 3.05) is 5.73 Å². The predicted molar refractivity (Wildman–Crippen MR) is 70.4 cm³/mol. The van der Waals surface area contributed by atoms with E-state index >= 15 is 0 Å². The highest BCUT2D eigenvalue weighted by molar-refractivity contribution is 5.77. The van der Waals surface area contributed by atoms with Crippen molar-refractivity contribution in [3.8, 4) is 0 Å². The molecule has 0 unspecified atom stereocenters. The Kier molecular flexibility index (Phi) is 2.69. The molecule has 0 amide bonds. The number of rotatable bonds is 4. The van der Waals surface area contributed by atoms with Crippen molar-refractivity contribution in [1.29, 1.82) is 0 Å². The van der Waals surface area contributed by atoms with Gasteiger partial charge in [-0.3, -0.25) is 9.25 Å². The first-order valence-electron chi connectivity index (χ1n) is 6.24. The summed E-state index contributed by atoms with van der Waals surface area (Å²) in [5, 5.41) is 12.2. The minimum absolute atomic E-state index is 0.512. The highest BCUT2D eigenvalue weighted by atomic mass is 15.4. The number of aryl methyl sites for hydroxylation is 4. The number of imidazole rings is 1. The highest BCUT2D eigenvalue weighted by Gasteiger charge is 2.16. The molecular formula is C11H16N8. The van der Waals surface area contributed by atoms with Crippen LogP contribution in [-0.4, -0.2) is 34.3 Å². The standard InChI is InChI=1S/C11H16N8/c1-3-19-10-9(8(2)15-19)14-11(12)18(10)7-6-17-5-4-13-16-17/h4-5H,3,6-7H2,1-2H3,(H2,12,14). The van der Waals surface area contributed by atoms with E-state index in [1.54, 1.807) is 10.9 Å². The fraction of sp³-hybridized carbons (Fsp3) is 0.455. The van der Waals surface area contributed by atoms with Crippen LogP contribution in [0.3, 0.4) is 0 Å². The van der Waals surface area contributed by atoms with Crippen molar-refractivity contribution < 1.29 is 0 Å². The highest BCUT2D eigenvalue weighted by Crippen LogP contribution is 2.21. The van der Waals surface area contributed by atoms with E-state index in [0.717, 1.165) is 23.4 Å². The number of nitrogen functional groups attached to an aromatic ring is 1. The molecule has 100 valence electrons. The lowest BCUT2D eigenvalue weighted by atomic mass is 10.4. The minimum atomic E-state index is 0.512. The lowest BCUT2D eigenvalue weighted by molar-refractivity contribution is 0.520. The second-order valence-electron chi connectivity index (χ2n) is 4.36. The summed E-state index contributed by atoms with van der Waals surface area (Å²) in [4.78, 5) is 4.39. The number of hydrogen-bond acceptors (Lipinski definition) is 5. The molecule has 3 aromatic heterocycles. The first-order chi connectivity index (χ1) is 9.20. The van der Waals surface area contributed by atoms with Crippen LogP contribution in [0, 0.1) is 6.92 Å². The molecule has 0 atom stereocenters. The van der Waals surface area contributed by atoms with E-state index < -0.39 is 0 Å². The summed E-state index contributed by atoms with van der Waals surface area (Å²) in [6.45, 7) is 6.18. The van der Waals surface area contributed by atoms with Crippen LogP contribution in [0.25, 0.3) is 11.2 Å². The molecule has 8 heteroatoms. The van der Waals surface area contributed by atoms with Crippen LogP contribution in [-0.2, 0) is 19.6 Å². The third-order valence-electron chi connectivity index (χ3n) is 3.15. The molecular weight excluding hydrogens is 244 g/mol. The number of fused-ring (bicyclic) bond motifs is 1. The van der Waals surface area contributed by atoms with Gasteiger partial charge >= 0.3 is 0 Å². The smallest absolute Gasteiger partial charge is 0.202 e. The Morgan fingerprint density at radius 2 is 2.16 bits per heavy atom. The molecule has 0 spiro atoms. The average Bonchev–Trinajstić information content (AvgIpc) is 3.06. The Hall–Kier alpha value is -2.38.